The highest BCUT2D eigenvalue weighted by Crippen LogP contribution is 2.01. The van der Waals surface area contributed by atoms with Crippen LogP contribution in [0, 0.1) is 11.3 Å². The highest BCUT2D eigenvalue weighted by molar-refractivity contribution is 6.17. The first-order valence-electron chi connectivity index (χ1n) is 6.39. The minimum atomic E-state index is -0.320. The highest BCUT2D eigenvalue weighted by atomic mass is 35.5. The standard InChI is InChI=1S/C13H22ClN3O/c1-3-8-17(9-4-2)11-12(10-15)13(18)16-7-5-6-14/h11H,3-9H2,1-2H3,(H,16,18)/b12-11-. The van der Waals surface area contributed by atoms with Gasteiger partial charge in [-0.3, -0.25) is 4.79 Å². The van der Waals surface area contributed by atoms with Crippen molar-refractivity contribution >= 4 is 17.5 Å². The van der Waals surface area contributed by atoms with Gasteiger partial charge in [-0.15, -0.1) is 11.6 Å². The van der Waals surface area contributed by atoms with E-state index in [1.165, 1.54) is 0 Å². The van der Waals surface area contributed by atoms with Crippen molar-refractivity contribution in [1.82, 2.24) is 10.2 Å². The van der Waals surface area contributed by atoms with E-state index in [1.807, 2.05) is 11.0 Å². The van der Waals surface area contributed by atoms with Crippen LogP contribution in [0.25, 0.3) is 0 Å². The normalized spacial score (nSPS) is 10.9. The monoisotopic (exact) mass is 271 g/mol. The van der Waals surface area contributed by atoms with Gasteiger partial charge in [-0.25, -0.2) is 0 Å². The number of nitrogens with zero attached hydrogens (tertiary/aromatic N) is 2. The number of nitriles is 1. The number of carbonyl (C=O) groups excluding carboxylic acids is 1. The van der Waals surface area contributed by atoms with Gasteiger partial charge in [0.2, 0.25) is 0 Å². The van der Waals surface area contributed by atoms with E-state index >= 15 is 0 Å². The summed E-state index contributed by atoms with van der Waals surface area (Å²) in [5, 5.41) is 11.7. The summed E-state index contributed by atoms with van der Waals surface area (Å²) in [6.07, 6.45) is 4.34. The molecule has 0 aromatic carbocycles. The third-order valence-corrected chi connectivity index (χ3v) is 2.56. The minimum absolute atomic E-state index is 0.159. The first kappa shape index (κ1) is 16.8. The van der Waals surface area contributed by atoms with E-state index in [0.717, 1.165) is 25.9 Å². The largest absolute Gasteiger partial charge is 0.376 e. The van der Waals surface area contributed by atoms with Gasteiger partial charge in [0.1, 0.15) is 11.6 Å². The van der Waals surface area contributed by atoms with Crippen LogP contribution in [0.2, 0.25) is 0 Å². The molecule has 1 N–H and O–H groups in total. The molecule has 0 rings (SSSR count). The zero-order chi connectivity index (χ0) is 13.8. The van der Waals surface area contributed by atoms with Gasteiger partial charge in [-0.2, -0.15) is 5.26 Å². The molecule has 0 radical (unpaired) electrons. The van der Waals surface area contributed by atoms with E-state index in [0.29, 0.717) is 18.8 Å². The van der Waals surface area contributed by atoms with Crippen molar-refractivity contribution in [3.63, 3.8) is 0 Å². The Hall–Kier alpha value is -1.21. The van der Waals surface area contributed by atoms with Gasteiger partial charge < -0.3 is 10.2 Å². The van der Waals surface area contributed by atoms with Crippen LogP contribution in [-0.2, 0) is 4.79 Å². The number of hydrogen-bond acceptors (Lipinski definition) is 3. The molecule has 0 spiro atoms. The van der Waals surface area contributed by atoms with Crippen LogP contribution in [-0.4, -0.2) is 36.3 Å². The maximum Gasteiger partial charge on any atom is 0.263 e. The van der Waals surface area contributed by atoms with Gasteiger partial charge in [-0.1, -0.05) is 13.8 Å². The van der Waals surface area contributed by atoms with Gasteiger partial charge in [0.15, 0.2) is 0 Å². The number of hydrogen-bond donors (Lipinski definition) is 1. The SMILES string of the molecule is CCCN(/C=C(/C#N)C(=O)NCCCCl)CCC. The van der Waals surface area contributed by atoms with Gasteiger partial charge >= 0.3 is 0 Å². The summed E-state index contributed by atoms with van der Waals surface area (Å²) in [5.41, 5.74) is 0.159. The lowest BCUT2D eigenvalue weighted by atomic mass is 10.2. The molecule has 4 nitrogen and oxygen atoms in total. The minimum Gasteiger partial charge on any atom is -0.376 e. The van der Waals surface area contributed by atoms with Crippen LogP contribution in [0.4, 0.5) is 0 Å². The molecule has 0 unspecified atom stereocenters. The molecule has 0 saturated carbocycles. The van der Waals surface area contributed by atoms with E-state index in [-0.39, 0.29) is 11.5 Å². The molecule has 0 atom stereocenters. The van der Waals surface area contributed by atoms with E-state index in [9.17, 15) is 4.79 Å². The Morgan fingerprint density at radius 2 is 2.00 bits per heavy atom. The Kier molecular flexibility index (Phi) is 10.2. The molecule has 1 amide bonds. The van der Waals surface area contributed by atoms with Crippen LogP contribution >= 0.6 is 11.6 Å². The van der Waals surface area contributed by atoms with Crippen LogP contribution < -0.4 is 5.32 Å². The number of alkyl halides is 1. The average molecular weight is 272 g/mol. The Balaban J connectivity index is 4.51. The highest BCUT2D eigenvalue weighted by Gasteiger charge is 2.09. The van der Waals surface area contributed by atoms with Crippen molar-refractivity contribution in [2.75, 3.05) is 25.5 Å². The molecule has 0 aromatic heterocycles. The molecule has 102 valence electrons. The molecule has 5 heteroatoms. The molecule has 0 aromatic rings. The summed E-state index contributed by atoms with van der Waals surface area (Å²) in [5.74, 6) is 0.184. The molecule has 0 aliphatic heterocycles. The quantitative estimate of drug-likeness (QED) is 0.303. The van der Waals surface area contributed by atoms with Gasteiger partial charge in [0, 0.05) is 31.7 Å². The number of amides is 1. The first-order valence-corrected chi connectivity index (χ1v) is 6.93. The molecule has 0 saturated heterocycles. The lowest BCUT2D eigenvalue weighted by Crippen LogP contribution is -2.28. The van der Waals surface area contributed by atoms with Gasteiger partial charge in [0.25, 0.3) is 5.91 Å². The first-order chi connectivity index (χ1) is 8.69. The summed E-state index contributed by atoms with van der Waals surface area (Å²) < 4.78 is 0. The van der Waals surface area contributed by atoms with Gasteiger partial charge in [-0.05, 0) is 19.3 Å². The van der Waals surface area contributed by atoms with Crippen molar-refractivity contribution in [3.05, 3.63) is 11.8 Å². The third-order valence-electron chi connectivity index (χ3n) is 2.29. The summed E-state index contributed by atoms with van der Waals surface area (Å²) in [6, 6.07) is 1.95. The van der Waals surface area contributed by atoms with Crippen molar-refractivity contribution in [3.8, 4) is 6.07 Å². The van der Waals surface area contributed by atoms with E-state index in [1.54, 1.807) is 6.20 Å². The number of rotatable bonds is 9. The topological polar surface area (TPSA) is 56.1 Å². The zero-order valence-electron chi connectivity index (χ0n) is 11.2. The van der Waals surface area contributed by atoms with Crippen LogP contribution in [0.15, 0.2) is 11.8 Å². The van der Waals surface area contributed by atoms with Crippen molar-refractivity contribution < 1.29 is 4.79 Å². The molecule has 0 aliphatic carbocycles. The van der Waals surface area contributed by atoms with E-state index < -0.39 is 0 Å². The Bertz CT molecular complexity index is 304. The van der Waals surface area contributed by atoms with Crippen molar-refractivity contribution in [2.24, 2.45) is 0 Å². The average Bonchev–Trinajstić information content (AvgIpc) is 2.36. The Morgan fingerprint density at radius 3 is 2.44 bits per heavy atom. The Morgan fingerprint density at radius 1 is 1.39 bits per heavy atom. The number of halogens is 1. The fourth-order valence-corrected chi connectivity index (χ4v) is 1.63. The fourth-order valence-electron chi connectivity index (χ4n) is 1.50. The molecular weight excluding hydrogens is 250 g/mol. The second-order valence-electron chi connectivity index (χ2n) is 3.99. The summed E-state index contributed by atoms with van der Waals surface area (Å²) in [4.78, 5) is 13.7. The Labute approximate surface area is 115 Å². The summed E-state index contributed by atoms with van der Waals surface area (Å²) in [7, 11) is 0. The summed E-state index contributed by atoms with van der Waals surface area (Å²) >= 11 is 5.53. The molecule has 0 fully saturated rings. The third kappa shape index (κ3) is 7.18. The van der Waals surface area contributed by atoms with Crippen LogP contribution in [0.3, 0.4) is 0 Å². The number of carbonyl (C=O) groups is 1. The van der Waals surface area contributed by atoms with Crippen molar-refractivity contribution in [2.45, 2.75) is 33.1 Å². The molecular formula is C13H22ClN3O. The fraction of sp³-hybridized carbons (Fsp3) is 0.692. The molecule has 0 heterocycles. The lowest BCUT2D eigenvalue weighted by Gasteiger charge is -2.19. The maximum atomic E-state index is 11.7. The number of nitrogens with one attached hydrogen (secondary N) is 1. The van der Waals surface area contributed by atoms with Gasteiger partial charge in [0.05, 0.1) is 0 Å². The molecule has 0 bridgehead atoms. The summed E-state index contributed by atoms with van der Waals surface area (Å²) in [6.45, 7) is 6.36. The predicted molar refractivity (Wildman–Crippen MR) is 74.2 cm³/mol. The second-order valence-corrected chi connectivity index (χ2v) is 4.37. The van der Waals surface area contributed by atoms with Crippen LogP contribution in [0.1, 0.15) is 33.1 Å². The predicted octanol–water partition coefficient (Wildman–Crippen LogP) is 2.26. The molecule has 18 heavy (non-hydrogen) atoms. The second kappa shape index (κ2) is 10.9. The maximum absolute atomic E-state index is 11.7. The van der Waals surface area contributed by atoms with Crippen LogP contribution in [0.5, 0.6) is 0 Å². The smallest absolute Gasteiger partial charge is 0.263 e. The van der Waals surface area contributed by atoms with E-state index in [2.05, 4.69) is 19.2 Å². The van der Waals surface area contributed by atoms with Crippen molar-refractivity contribution in [1.29, 1.82) is 5.26 Å². The van der Waals surface area contributed by atoms with E-state index in [4.69, 9.17) is 16.9 Å². The molecule has 0 aliphatic rings. The lowest BCUT2D eigenvalue weighted by molar-refractivity contribution is -0.117. The zero-order valence-corrected chi connectivity index (χ0v) is 12.0.